The zero-order valence-electron chi connectivity index (χ0n) is 16.3. The van der Waals surface area contributed by atoms with E-state index in [1.54, 1.807) is 12.1 Å². The fourth-order valence-corrected chi connectivity index (χ4v) is 4.55. The predicted molar refractivity (Wildman–Crippen MR) is 111 cm³/mol. The highest BCUT2D eigenvalue weighted by Crippen LogP contribution is 2.50. The van der Waals surface area contributed by atoms with Gasteiger partial charge in [0.2, 0.25) is 0 Å². The van der Waals surface area contributed by atoms with Crippen LogP contribution in [0.1, 0.15) is 43.7 Å². The summed E-state index contributed by atoms with van der Waals surface area (Å²) < 4.78 is 11.7. The van der Waals surface area contributed by atoms with Crippen LogP contribution in [-0.4, -0.2) is 5.78 Å². The third-order valence-electron chi connectivity index (χ3n) is 5.81. The zero-order chi connectivity index (χ0) is 20.3. The Hall–Kier alpha value is -3.34. The van der Waals surface area contributed by atoms with Gasteiger partial charge in [0.1, 0.15) is 17.1 Å². The predicted octanol–water partition coefficient (Wildman–Crippen LogP) is 4.54. The maximum atomic E-state index is 13.2. The molecule has 1 aliphatic carbocycles. The molecule has 2 aromatic carbocycles. The Morgan fingerprint density at radius 3 is 2.55 bits per heavy atom. The maximum absolute atomic E-state index is 13.2. The summed E-state index contributed by atoms with van der Waals surface area (Å²) in [5.74, 6) is 0.665. The van der Waals surface area contributed by atoms with Gasteiger partial charge in [0.25, 0.3) is 0 Å². The highest BCUT2D eigenvalue weighted by Gasteiger charge is 2.43. The van der Waals surface area contributed by atoms with Crippen molar-refractivity contribution in [2.24, 2.45) is 5.41 Å². The van der Waals surface area contributed by atoms with Crippen molar-refractivity contribution in [1.82, 2.24) is 0 Å². The van der Waals surface area contributed by atoms with Crippen molar-refractivity contribution in [2.75, 3.05) is 5.73 Å². The summed E-state index contributed by atoms with van der Waals surface area (Å²) in [5.41, 5.74) is 8.14. The summed E-state index contributed by atoms with van der Waals surface area (Å²) in [6.07, 6.45) is 1.02. The molecule has 1 aliphatic heterocycles. The van der Waals surface area contributed by atoms with Gasteiger partial charge >= 0.3 is 5.63 Å². The van der Waals surface area contributed by atoms with E-state index in [0.29, 0.717) is 52.1 Å². The van der Waals surface area contributed by atoms with Crippen LogP contribution < -0.4 is 16.1 Å². The molecule has 1 atom stereocenters. The lowest BCUT2D eigenvalue weighted by Crippen LogP contribution is -2.34. The van der Waals surface area contributed by atoms with E-state index in [9.17, 15) is 9.59 Å². The number of rotatable bonds is 1. The zero-order valence-corrected chi connectivity index (χ0v) is 16.3. The van der Waals surface area contributed by atoms with Crippen LogP contribution in [0, 0.1) is 5.41 Å². The number of nitrogens with two attached hydrogens (primary N) is 1. The molecule has 0 bridgehead atoms. The molecular weight excluding hydrogens is 366 g/mol. The standard InChI is InChI=1S/C24H21NO4/c1-24(2)11-15(26)20-18(12-24)28-16-9-5-3-7-13(16)19(20)21-22(25)14-8-4-6-10-17(14)29-23(21)27/h3-10,19H,11-12,25H2,1-2H3. The molecule has 2 aliphatic rings. The van der Waals surface area contributed by atoms with E-state index in [1.165, 1.54) is 0 Å². The van der Waals surface area contributed by atoms with Crippen LogP contribution in [0.4, 0.5) is 5.69 Å². The maximum Gasteiger partial charge on any atom is 0.342 e. The molecule has 0 amide bonds. The van der Waals surface area contributed by atoms with E-state index in [0.717, 1.165) is 5.56 Å². The molecule has 2 heterocycles. The minimum absolute atomic E-state index is 0.0114. The molecule has 5 rings (SSSR count). The molecule has 3 aromatic rings. The summed E-state index contributed by atoms with van der Waals surface area (Å²) in [4.78, 5) is 26.3. The molecule has 29 heavy (non-hydrogen) atoms. The topological polar surface area (TPSA) is 82.5 Å². The van der Waals surface area contributed by atoms with Crippen molar-refractivity contribution in [3.8, 4) is 5.75 Å². The quantitative estimate of drug-likeness (QED) is 0.620. The molecule has 0 spiro atoms. The Morgan fingerprint density at radius 2 is 1.72 bits per heavy atom. The summed E-state index contributed by atoms with van der Waals surface area (Å²) >= 11 is 0. The van der Waals surface area contributed by atoms with Gasteiger partial charge in [-0.15, -0.1) is 0 Å². The second-order valence-corrected chi connectivity index (χ2v) is 8.56. The van der Waals surface area contributed by atoms with Gasteiger partial charge in [-0.25, -0.2) is 4.79 Å². The number of allylic oxidation sites excluding steroid dienone is 2. The fraction of sp³-hybridized carbons (Fsp3) is 0.250. The number of para-hydroxylation sites is 2. The number of Topliss-reactive ketones (excluding diaryl/α,β-unsaturated/α-hetero) is 1. The molecule has 0 saturated heterocycles. The van der Waals surface area contributed by atoms with E-state index in [4.69, 9.17) is 14.9 Å². The second kappa shape index (κ2) is 6.08. The highest BCUT2D eigenvalue weighted by molar-refractivity contribution is 6.01. The summed E-state index contributed by atoms with van der Waals surface area (Å²) in [6.45, 7) is 4.10. The molecule has 2 N–H and O–H groups in total. The molecule has 1 aromatic heterocycles. The number of ketones is 1. The Morgan fingerprint density at radius 1 is 1.00 bits per heavy atom. The van der Waals surface area contributed by atoms with Crippen LogP contribution in [0.5, 0.6) is 5.75 Å². The van der Waals surface area contributed by atoms with Crippen LogP contribution in [0.3, 0.4) is 0 Å². The van der Waals surface area contributed by atoms with E-state index in [-0.39, 0.29) is 11.2 Å². The van der Waals surface area contributed by atoms with Crippen LogP contribution in [0.2, 0.25) is 0 Å². The van der Waals surface area contributed by atoms with Crippen molar-refractivity contribution in [3.63, 3.8) is 0 Å². The number of hydrogen-bond acceptors (Lipinski definition) is 5. The normalized spacial score (nSPS) is 20.2. The van der Waals surface area contributed by atoms with Crippen molar-refractivity contribution < 1.29 is 13.9 Å². The molecule has 5 nitrogen and oxygen atoms in total. The number of carbonyl (C=O) groups is 1. The average molecular weight is 387 g/mol. The van der Waals surface area contributed by atoms with Crippen LogP contribution in [-0.2, 0) is 4.79 Å². The SMILES string of the molecule is CC1(C)CC(=O)C2=C(C1)Oc1ccccc1C2c1c(N)c2ccccc2oc1=O. The molecule has 0 saturated carbocycles. The number of carbonyl (C=O) groups excluding carboxylic acids is 1. The second-order valence-electron chi connectivity index (χ2n) is 8.56. The van der Waals surface area contributed by atoms with Gasteiger partial charge in [0, 0.05) is 29.4 Å². The smallest absolute Gasteiger partial charge is 0.342 e. The highest BCUT2D eigenvalue weighted by atomic mass is 16.5. The number of hydrogen-bond donors (Lipinski definition) is 1. The van der Waals surface area contributed by atoms with Crippen LogP contribution in [0.25, 0.3) is 11.0 Å². The first-order chi connectivity index (χ1) is 13.9. The fourth-order valence-electron chi connectivity index (χ4n) is 4.55. The number of benzene rings is 2. The summed E-state index contributed by atoms with van der Waals surface area (Å²) in [6, 6.07) is 14.7. The van der Waals surface area contributed by atoms with Crippen molar-refractivity contribution in [2.45, 2.75) is 32.6 Å². The minimum Gasteiger partial charge on any atom is -0.461 e. The average Bonchev–Trinajstić information content (AvgIpc) is 2.66. The van der Waals surface area contributed by atoms with Gasteiger partial charge in [-0.1, -0.05) is 44.2 Å². The first-order valence-electron chi connectivity index (χ1n) is 9.70. The molecule has 0 radical (unpaired) electrons. The van der Waals surface area contributed by atoms with Gasteiger partial charge < -0.3 is 14.9 Å². The van der Waals surface area contributed by atoms with E-state index in [2.05, 4.69) is 0 Å². The minimum atomic E-state index is -0.598. The third kappa shape index (κ3) is 2.69. The van der Waals surface area contributed by atoms with Crippen LogP contribution in [0.15, 0.2) is 69.1 Å². The molecule has 1 unspecified atom stereocenters. The van der Waals surface area contributed by atoms with Crippen molar-refractivity contribution >= 4 is 22.4 Å². The van der Waals surface area contributed by atoms with E-state index >= 15 is 0 Å². The molecule has 146 valence electrons. The first kappa shape index (κ1) is 17.7. The van der Waals surface area contributed by atoms with Gasteiger partial charge in [-0.05, 0) is 23.6 Å². The van der Waals surface area contributed by atoms with Crippen molar-refractivity contribution in [1.29, 1.82) is 0 Å². The molecule has 5 heteroatoms. The third-order valence-corrected chi connectivity index (χ3v) is 5.81. The Labute approximate surface area is 167 Å². The number of ether oxygens (including phenoxy) is 1. The molecular formula is C24H21NO4. The van der Waals surface area contributed by atoms with Gasteiger partial charge in [-0.3, -0.25) is 4.79 Å². The summed E-state index contributed by atoms with van der Waals surface area (Å²) in [5, 5.41) is 0.664. The van der Waals surface area contributed by atoms with E-state index in [1.807, 2.05) is 50.2 Å². The van der Waals surface area contributed by atoms with E-state index < -0.39 is 11.5 Å². The molecule has 0 fully saturated rings. The summed E-state index contributed by atoms with van der Waals surface area (Å²) in [7, 11) is 0. The number of nitrogen functional groups attached to an aromatic ring is 1. The lowest BCUT2D eigenvalue weighted by molar-refractivity contribution is -0.118. The Kier molecular flexibility index (Phi) is 3.72. The first-order valence-corrected chi connectivity index (χ1v) is 9.70. The van der Waals surface area contributed by atoms with Gasteiger partial charge in [0.15, 0.2) is 5.78 Å². The Bertz CT molecular complexity index is 1270. The van der Waals surface area contributed by atoms with Gasteiger partial charge in [-0.2, -0.15) is 0 Å². The number of anilines is 1. The van der Waals surface area contributed by atoms with Gasteiger partial charge in [0.05, 0.1) is 17.2 Å². The largest absolute Gasteiger partial charge is 0.461 e. The number of fused-ring (bicyclic) bond motifs is 2. The Balaban J connectivity index is 1.83. The lowest BCUT2D eigenvalue weighted by Gasteiger charge is -2.38. The monoisotopic (exact) mass is 387 g/mol. The lowest BCUT2D eigenvalue weighted by atomic mass is 9.70. The van der Waals surface area contributed by atoms with Crippen molar-refractivity contribution in [3.05, 3.63) is 81.4 Å². The van der Waals surface area contributed by atoms with Crippen LogP contribution >= 0.6 is 0 Å².